The first kappa shape index (κ1) is 20.5. The fourth-order valence-corrected chi connectivity index (χ4v) is 4.04. The van der Waals surface area contributed by atoms with Crippen LogP contribution >= 0.6 is 0 Å². The molecule has 0 radical (unpaired) electrons. The molecule has 5 heteroatoms. The molecule has 0 saturated heterocycles. The first-order chi connectivity index (χ1) is 13.8. The third kappa shape index (κ3) is 3.72. The molecule has 5 nitrogen and oxygen atoms in total. The Balaban J connectivity index is 2.24. The van der Waals surface area contributed by atoms with Crippen molar-refractivity contribution in [1.29, 1.82) is 5.26 Å². The van der Waals surface area contributed by atoms with Crippen molar-refractivity contribution < 1.29 is 9.59 Å². The van der Waals surface area contributed by atoms with Crippen LogP contribution in [0.15, 0.2) is 48.7 Å². The van der Waals surface area contributed by atoms with Crippen LogP contribution in [-0.2, 0) is 11.3 Å². The van der Waals surface area contributed by atoms with E-state index < -0.39 is 5.91 Å². The average molecular weight is 388 g/mol. The van der Waals surface area contributed by atoms with Crippen LogP contribution in [0.5, 0.6) is 0 Å². The van der Waals surface area contributed by atoms with Crippen LogP contribution in [0, 0.1) is 17.2 Å². The molecule has 1 amide bonds. The molecule has 1 aliphatic heterocycles. The molecule has 1 unspecified atom stereocenters. The zero-order valence-corrected chi connectivity index (χ0v) is 17.1. The Morgan fingerprint density at radius 1 is 1.17 bits per heavy atom. The van der Waals surface area contributed by atoms with E-state index in [0.29, 0.717) is 27.7 Å². The van der Waals surface area contributed by atoms with Gasteiger partial charge >= 0.3 is 0 Å². The molecule has 1 atom stereocenters. The number of rotatable bonds is 7. The van der Waals surface area contributed by atoms with Crippen LogP contribution in [-0.4, -0.2) is 18.2 Å². The first-order valence-corrected chi connectivity index (χ1v) is 9.89. The van der Waals surface area contributed by atoms with Gasteiger partial charge in [-0.2, -0.15) is 5.26 Å². The van der Waals surface area contributed by atoms with Crippen molar-refractivity contribution in [2.24, 2.45) is 11.7 Å². The molecule has 0 aliphatic carbocycles. The summed E-state index contributed by atoms with van der Waals surface area (Å²) < 4.78 is 0.388. The van der Waals surface area contributed by atoms with Crippen LogP contribution in [0.2, 0.25) is 0 Å². The number of hydrogen-bond donors (Lipinski definition) is 1. The molecule has 148 valence electrons. The van der Waals surface area contributed by atoms with Crippen LogP contribution in [0.25, 0.3) is 5.57 Å². The number of hydrogen-bond acceptors (Lipinski definition) is 3. The highest BCUT2D eigenvalue weighted by atomic mass is 16.1. The van der Waals surface area contributed by atoms with Crippen molar-refractivity contribution in [3.05, 3.63) is 70.9 Å². The second-order valence-electron chi connectivity index (χ2n) is 7.84. The smallest absolute Gasteiger partial charge is 0.248 e. The molecule has 0 aromatic heterocycles. The number of nitriles is 1. The van der Waals surface area contributed by atoms with E-state index >= 15 is 0 Å². The lowest BCUT2D eigenvalue weighted by Crippen LogP contribution is -2.43. The molecule has 0 bridgehead atoms. The molecule has 2 aromatic carbocycles. The average Bonchev–Trinajstić information content (AvgIpc) is 3.01. The number of carbonyl (C=O) groups is 2. The van der Waals surface area contributed by atoms with E-state index in [0.717, 1.165) is 29.8 Å². The predicted octanol–water partition coefficient (Wildman–Crippen LogP) is 4.15. The largest absolute Gasteiger partial charge is 0.366 e. The second-order valence-corrected chi connectivity index (χ2v) is 7.84. The maximum atomic E-state index is 13.0. The van der Waals surface area contributed by atoms with Crippen molar-refractivity contribution >= 4 is 23.0 Å². The molecule has 0 saturated carbocycles. The quantitative estimate of drug-likeness (QED) is 0.723. The maximum absolute atomic E-state index is 13.0. The van der Waals surface area contributed by atoms with E-state index in [1.807, 2.05) is 44.3 Å². The number of benzene rings is 2. The lowest BCUT2D eigenvalue weighted by atomic mass is 9.95. The molecule has 3 rings (SSSR count). The summed E-state index contributed by atoms with van der Waals surface area (Å²) in [4.78, 5) is 24.8. The summed E-state index contributed by atoms with van der Waals surface area (Å²) in [6.07, 6.45) is 2.88. The monoisotopic (exact) mass is 388 g/mol. The van der Waals surface area contributed by atoms with Crippen molar-refractivity contribution in [3.63, 3.8) is 0 Å². The Morgan fingerprint density at radius 3 is 2.52 bits per heavy atom. The number of fused-ring (bicyclic) bond motifs is 1. The number of Topliss-reactive ketones (excluding diaryl/α,β-unsaturated/α-hetero) is 1. The second kappa shape index (κ2) is 8.02. The number of allylic oxidation sites excluding steroid dienone is 1. The van der Waals surface area contributed by atoms with Crippen LogP contribution in [0.4, 0.5) is 5.69 Å². The van der Waals surface area contributed by atoms with Gasteiger partial charge in [0.25, 0.3) is 0 Å². The Bertz CT molecular complexity index is 1050. The molecule has 2 N–H and O–H groups in total. The Labute approximate surface area is 171 Å². The highest BCUT2D eigenvalue weighted by Crippen LogP contribution is 2.44. The summed E-state index contributed by atoms with van der Waals surface area (Å²) in [5.41, 5.74) is 9.89. The number of amides is 1. The number of nitrogens with zero attached hydrogens (tertiary/aromatic N) is 2. The van der Waals surface area contributed by atoms with Gasteiger partial charge in [0.05, 0.1) is 29.3 Å². The SMILES string of the molecule is CCC[N+]1(Cc2ccccc2C#N)C=C(C(=O)C(C)C)c2ccc(C(N)=O)cc21. The third-order valence-corrected chi connectivity index (χ3v) is 5.43. The van der Waals surface area contributed by atoms with E-state index in [-0.39, 0.29) is 11.7 Å². The molecular weight excluding hydrogens is 362 g/mol. The summed E-state index contributed by atoms with van der Waals surface area (Å²) in [6, 6.07) is 15.1. The molecular formula is C24H26N3O2+. The summed E-state index contributed by atoms with van der Waals surface area (Å²) in [5, 5.41) is 9.54. The fraction of sp³-hybridized carbons (Fsp3) is 0.292. The van der Waals surface area contributed by atoms with Gasteiger partial charge in [0, 0.05) is 23.1 Å². The van der Waals surface area contributed by atoms with Gasteiger partial charge in [-0.25, -0.2) is 0 Å². The minimum Gasteiger partial charge on any atom is -0.366 e. The number of primary amides is 1. The number of ketones is 1. The van der Waals surface area contributed by atoms with Crippen molar-refractivity contribution in [2.75, 3.05) is 6.54 Å². The standard InChI is InChI=1S/C24H25N3O2/c1-4-11-27(14-19-8-6-5-7-18(19)13-25)15-21(23(28)16(2)3)20-10-9-17(24(26)29)12-22(20)27/h5-10,12,15-16H,4,11,14H2,1-3H3,(H-,26,29)/p+1. The van der Waals surface area contributed by atoms with E-state index in [4.69, 9.17) is 5.73 Å². The highest BCUT2D eigenvalue weighted by molar-refractivity contribution is 6.24. The van der Waals surface area contributed by atoms with E-state index in [9.17, 15) is 14.9 Å². The molecule has 1 aliphatic rings. The van der Waals surface area contributed by atoms with Gasteiger partial charge < -0.3 is 5.73 Å². The van der Waals surface area contributed by atoms with Crippen LogP contribution < -0.4 is 10.2 Å². The number of quaternary nitrogens is 1. The lowest BCUT2D eigenvalue weighted by Gasteiger charge is -2.32. The van der Waals surface area contributed by atoms with Crippen LogP contribution in [0.1, 0.15) is 54.2 Å². The predicted molar refractivity (Wildman–Crippen MR) is 115 cm³/mol. The minimum absolute atomic E-state index is 0.0720. The van der Waals surface area contributed by atoms with E-state index in [1.54, 1.807) is 18.2 Å². The summed E-state index contributed by atoms with van der Waals surface area (Å²) in [5.74, 6) is -0.566. The van der Waals surface area contributed by atoms with Gasteiger partial charge in [-0.05, 0) is 24.6 Å². The molecule has 1 heterocycles. The van der Waals surface area contributed by atoms with Gasteiger partial charge in [0.1, 0.15) is 18.4 Å². The fourth-order valence-electron chi connectivity index (χ4n) is 4.04. The van der Waals surface area contributed by atoms with Crippen molar-refractivity contribution in [3.8, 4) is 6.07 Å². The highest BCUT2D eigenvalue weighted by Gasteiger charge is 2.41. The number of carbonyl (C=O) groups excluding carboxylic acids is 2. The summed E-state index contributed by atoms with van der Waals surface area (Å²) >= 11 is 0. The van der Waals surface area contributed by atoms with Crippen LogP contribution in [0.3, 0.4) is 0 Å². The van der Waals surface area contributed by atoms with Gasteiger partial charge in [-0.15, -0.1) is 0 Å². The Kier molecular flexibility index (Phi) is 5.67. The topological polar surface area (TPSA) is 83.9 Å². The third-order valence-electron chi connectivity index (χ3n) is 5.43. The maximum Gasteiger partial charge on any atom is 0.248 e. The van der Waals surface area contributed by atoms with E-state index in [1.165, 1.54) is 0 Å². The zero-order valence-electron chi connectivity index (χ0n) is 17.1. The van der Waals surface area contributed by atoms with Gasteiger partial charge in [0.15, 0.2) is 5.78 Å². The number of nitrogens with two attached hydrogens (primary N) is 1. The zero-order chi connectivity index (χ0) is 21.2. The van der Waals surface area contributed by atoms with Gasteiger partial charge in [-0.1, -0.05) is 39.0 Å². The Morgan fingerprint density at radius 2 is 1.90 bits per heavy atom. The minimum atomic E-state index is -0.497. The van der Waals surface area contributed by atoms with Crippen molar-refractivity contribution in [2.45, 2.75) is 33.7 Å². The van der Waals surface area contributed by atoms with Gasteiger partial charge in [-0.3, -0.25) is 14.1 Å². The molecule has 2 aromatic rings. The molecule has 0 spiro atoms. The van der Waals surface area contributed by atoms with Gasteiger partial charge in [0.2, 0.25) is 5.91 Å². The first-order valence-electron chi connectivity index (χ1n) is 9.89. The molecule has 29 heavy (non-hydrogen) atoms. The summed E-state index contributed by atoms with van der Waals surface area (Å²) in [6.45, 7) is 7.13. The molecule has 0 fully saturated rings. The summed E-state index contributed by atoms with van der Waals surface area (Å²) in [7, 11) is 0. The van der Waals surface area contributed by atoms with Crippen molar-refractivity contribution in [1.82, 2.24) is 4.48 Å². The lowest BCUT2D eigenvalue weighted by molar-refractivity contribution is -0.116. The Hall–Kier alpha value is -3.23. The van der Waals surface area contributed by atoms with E-state index in [2.05, 4.69) is 13.0 Å². The normalized spacial score (nSPS) is 17.6.